The molecule has 0 bridgehead atoms. The van der Waals surface area contributed by atoms with Gasteiger partial charge in [-0.25, -0.2) is 0 Å². The van der Waals surface area contributed by atoms with Gasteiger partial charge in [-0.15, -0.1) is 0 Å². The molecule has 1 fully saturated rings. The molecule has 1 aliphatic rings. The van der Waals surface area contributed by atoms with Crippen LogP contribution in [0.15, 0.2) is 12.1 Å². The van der Waals surface area contributed by atoms with Crippen LogP contribution in [0.2, 0.25) is 0 Å². The van der Waals surface area contributed by atoms with Gasteiger partial charge in [0.2, 0.25) is 17.6 Å². The van der Waals surface area contributed by atoms with Crippen molar-refractivity contribution in [3.05, 3.63) is 12.1 Å². The van der Waals surface area contributed by atoms with Crippen molar-refractivity contribution in [2.75, 3.05) is 33.2 Å². The first-order valence-corrected chi connectivity index (χ1v) is 7.94. The molecule has 1 aromatic rings. The van der Waals surface area contributed by atoms with E-state index >= 15 is 0 Å². The summed E-state index contributed by atoms with van der Waals surface area (Å²) in [5.74, 6) is 0.615. The molecule has 1 aromatic carbocycles. The summed E-state index contributed by atoms with van der Waals surface area (Å²) >= 11 is 0. The number of hydrogen-bond donors (Lipinski definition) is 2. The van der Waals surface area contributed by atoms with E-state index in [1.807, 2.05) is 6.92 Å². The molecule has 2 rings (SSSR count). The summed E-state index contributed by atoms with van der Waals surface area (Å²) in [5, 5.41) is 5.63. The Bertz CT molecular complexity index is 592. The highest BCUT2D eigenvalue weighted by Gasteiger charge is 2.47. The standard InChI is InChI=1S/C17H24N2O5/c1-5-6-18-16(20)11-9-12(11)17(21)19-10-7-13(22-2)15(24-4)14(8-10)23-3/h7-8,11-12H,5-6,9H2,1-4H3,(H,18,20)(H,19,21). The Labute approximate surface area is 141 Å². The quantitative estimate of drug-likeness (QED) is 0.756. The maximum absolute atomic E-state index is 12.3. The fourth-order valence-corrected chi connectivity index (χ4v) is 2.54. The minimum atomic E-state index is -0.291. The molecule has 24 heavy (non-hydrogen) atoms. The second-order valence-corrected chi connectivity index (χ2v) is 5.64. The number of methoxy groups -OCH3 is 3. The first-order valence-electron chi connectivity index (χ1n) is 7.94. The van der Waals surface area contributed by atoms with Gasteiger partial charge in [0, 0.05) is 24.4 Å². The number of hydrogen-bond acceptors (Lipinski definition) is 5. The largest absolute Gasteiger partial charge is 0.493 e. The van der Waals surface area contributed by atoms with Crippen LogP contribution >= 0.6 is 0 Å². The average molecular weight is 336 g/mol. The highest BCUT2D eigenvalue weighted by Crippen LogP contribution is 2.42. The molecule has 0 aliphatic heterocycles. The maximum Gasteiger partial charge on any atom is 0.228 e. The Hall–Kier alpha value is -2.44. The Balaban J connectivity index is 2.04. The van der Waals surface area contributed by atoms with E-state index in [-0.39, 0.29) is 23.7 Å². The number of rotatable bonds is 8. The van der Waals surface area contributed by atoms with Crippen LogP contribution in [0.3, 0.4) is 0 Å². The lowest BCUT2D eigenvalue weighted by Gasteiger charge is -2.14. The third-order valence-electron chi connectivity index (χ3n) is 3.95. The van der Waals surface area contributed by atoms with E-state index in [0.29, 0.717) is 35.9 Å². The third-order valence-corrected chi connectivity index (χ3v) is 3.95. The van der Waals surface area contributed by atoms with Crippen molar-refractivity contribution < 1.29 is 23.8 Å². The lowest BCUT2D eigenvalue weighted by molar-refractivity contribution is -0.125. The summed E-state index contributed by atoms with van der Waals surface area (Å²) in [4.78, 5) is 24.2. The summed E-state index contributed by atoms with van der Waals surface area (Å²) in [6.07, 6.45) is 1.45. The van der Waals surface area contributed by atoms with E-state index in [9.17, 15) is 9.59 Å². The van der Waals surface area contributed by atoms with E-state index < -0.39 is 0 Å². The maximum atomic E-state index is 12.3. The van der Waals surface area contributed by atoms with Crippen molar-refractivity contribution in [3.8, 4) is 17.2 Å². The average Bonchev–Trinajstić information content (AvgIpc) is 3.39. The van der Waals surface area contributed by atoms with Crippen LogP contribution < -0.4 is 24.8 Å². The van der Waals surface area contributed by atoms with Crippen LogP contribution in [-0.2, 0) is 9.59 Å². The van der Waals surface area contributed by atoms with Gasteiger partial charge in [0.1, 0.15) is 0 Å². The predicted molar refractivity (Wildman–Crippen MR) is 89.6 cm³/mol. The Morgan fingerprint density at radius 1 is 1.04 bits per heavy atom. The predicted octanol–water partition coefficient (Wildman–Crippen LogP) is 1.81. The molecule has 7 nitrogen and oxygen atoms in total. The molecular formula is C17H24N2O5. The van der Waals surface area contributed by atoms with Crippen LogP contribution in [0.1, 0.15) is 19.8 Å². The molecule has 0 radical (unpaired) electrons. The van der Waals surface area contributed by atoms with E-state index in [1.165, 1.54) is 21.3 Å². The summed E-state index contributed by atoms with van der Waals surface area (Å²) in [7, 11) is 4.54. The summed E-state index contributed by atoms with van der Waals surface area (Å²) in [5.41, 5.74) is 0.536. The third kappa shape index (κ3) is 3.90. The van der Waals surface area contributed by atoms with Gasteiger partial charge in [-0.1, -0.05) is 6.92 Å². The monoisotopic (exact) mass is 336 g/mol. The summed E-state index contributed by atoms with van der Waals surface area (Å²) < 4.78 is 15.8. The Morgan fingerprint density at radius 2 is 1.62 bits per heavy atom. The normalized spacial score (nSPS) is 18.5. The molecule has 2 amide bonds. The Morgan fingerprint density at radius 3 is 2.12 bits per heavy atom. The van der Waals surface area contributed by atoms with Crippen molar-refractivity contribution in [1.29, 1.82) is 0 Å². The van der Waals surface area contributed by atoms with Gasteiger partial charge in [0.25, 0.3) is 0 Å². The van der Waals surface area contributed by atoms with E-state index in [2.05, 4.69) is 10.6 Å². The lowest BCUT2D eigenvalue weighted by atomic mass is 10.2. The second-order valence-electron chi connectivity index (χ2n) is 5.64. The van der Waals surface area contributed by atoms with Crippen LogP contribution in [-0.4, -0.2) is 39.7 Å². The number of nitrogens with one attached hydrogen (secondary N) is 2. The molecule has 2 unspecified atom stereocenters. The van der Waals surface area contributed by atoms with Gasteiger partial charge < -0.3 is 24.8 Å². The molecule has 0 heterocycles. The molecule has 2 N–H and O–H groups in total. The van der Waals surface area contributed by atoms with Crippen LogP contribution in [0, 0.1) is 11.8 Å². The van der Waals surface area contributed by atoms with Crippen molar-refractivity contribution in [1.82, 2.24) is 5.32 Å². The fourth-order valence-electron chi connectivity index (χ4n) is 2.54. The summed E-state index contributed by atoms with van der Waals surface area (Å²) in [6, 6.07) is 3.32. The minimum absolute atomic E-state index is 0.0538. The minimum Gasteiger partial charge on any atom is -0.493 e. The molecular weight excluding hydrogens is 312 g/mol. The van der Waals surface area contributed by atoms with Crippen molar-refractivity contribution >= 4 is 17.5 Å². The topological polar surface area (TPSA) is 85.9 Å². The number of benzene rings is 1. The van der Waals surface area contributed by atoms with Gasteiger partial charge in [0.15, 0.2) is 11.5 Å². The number of carbonyl (C=O) groups is 2. The van der Waals surface area contributed by atoms with Crippen molar-refractivity contribution in [3.63, 3.8) is 0 Å². The molecule has 1 saturated carbocycles. The number of carbonyl (C=O) groups excluding carboxylic acids is 2. The highest BCUT2D eigenvalue weighted by atomic mass is 16.5. The van der Waals surface area contributed by atoms with Gasteiger partial charge in [-0.2, -0.15) is 0 Å². The van der Waals surface area contributed by atoms with Gasteiger partial charge in [-0.3, -0.25) is 9.59 Å². The smallest absolute Gasteiger partial charge is 0.228 e. The zero-order chi connectivity index (χ0) is 17.7. The van der Waals surface area contributed by atoms with Crippen LogP contribution in [0.25, 0.3) is 0 Å². The van der Waals surface area contributed by atoms with Crippen molar-refractivity contribution in [2.24, 2.45) is 11.8 Å². The van der Waals surface area contributed by atoms with E-state index in [0.717, 1.165) is 6.42 Å². The SMILES string of the molecule is CCCNC(=O)C1CC1C(=O)Nc1cc(OC)c(OC)c(OC)c1. The summed E-state index contributed by atoms with van der Waals surface area (Å²) in [6.45, 7) is 2.62. The zero-order valence-corrected chi connectivity index (χ0v) is 14.5. The van der Waals surface area contributed by atoms with Crippen molar-refractivity contribution in [2.45, 2.75) is 19.8 Å². The Kier molecular flexibility index (Phi) is 5.89. The van der Waals surface area contributed by atoms with Crippen LogP contribution in [0.5, 0.6) is 17.2 Å². The number of anilines is 1. The molecule has 132 valence electrons. The van der Waals surface area contributed by atoms with E-state index in [1.54, 1.807) is 12.1 Å². The van der Waals surface area contributed by atoms with Gasteiger partial charge in [-0.05, 0) is 12.8 Å². The lowest BCUT2D eigenvalue weighted by Crippen LogP contribution is -2.28. The number of ether oxygens (including phenoxy) is 3. The number of amides is 2. The highest BCUT2D eigenvalue weighted by molar-refractivity contribution is 5.99. The molecule has 2 atom stereocenters. The second kappa shape index (κ2) is 7.90. The van der Waals surface area contributed by atoms with E-state index in [4.69, 9.17) is 14.2 Å². The van der Waals surface area contributed by atoms with Crippen LogP contribution in [0.4, 0.5) is 5.69 Å². The first-order chi connectivity index (χ1) is 11.5. The van der Waals surface area contributed by atoms with Gasteiger partial charge in [0.05, 0.1) is 33.2 Å². The zero-order valence-electron chi connectivity index (χ0n) is 14.5. The van der Waals surface area contributed by atoms with Gasteiger partial charge >= 0.3 is 0 Å². The molecule has 7 heteroatoms. The fraction of sp³-hybridized carbons (Fsp3) is 0.529. The molecule has 0 saturated heterocycles. The molecule has 0 spiro atoms. The first kappa shape index (κ1) is 17.9. The molecule has 1 aliphatic carbocycles. The molecule has 0 aromatic heterocycles.